The Morgan fingerprint density at radius 2 is 1.04 bits per heavy atom. The first kappa shape index (κ1) is 27.5. The summed E-state index contributed by atoms with van der Waals surface area (Å²) in [5.41, 5.74) is 1.73. The van der Waals surface area contributed by atoms with E-state index in [2.05, 4.69) is 61.5 Å². The smallest absolute Gasteiger partial charge is 0.134 e. The summed E-state index contributed by atoms with van der Waals surface area (Å²) < 4.78 is 12.2. The predicted molar refractivity (Wildman–Crippen MR) is 108 cm³/mol. The van der Waals surface area contributed by atoms with E-state index in [1.807, 2.05) is 0 Å². The number of benzene rings is 1. The summed E-state index contributed by atoms with van der Waals surface area (Å²) in [7, 11) is -1.29. The van der Waals surface area contributed by atoms with Crippen molar-refractivity contribution in [1.82, 2.24) is 0 Å². The van der Waals surface area contributed by atoms with E-state index in [4.69, 9.17) is 9.05 Å². The molecule has 0 aliphatic rings. The molecule has 0 unspecified atom stereocenters. The number of rotatable bonds is 8. The molecule has 0 saturated heterocycles. The fraction of sp³-hybridized carbons (Fsp3) is 0.667. The molecule has 0 amide bonds. The molecule has 1 radical (unpaired) electrons. The molecule has 7 heteroatoms. The van der Waals surface area contributed by atoms with Gasteiger partial charge in [-0.05, 0) is 12.1 Å². The topological polar surface area (TPSA) is 41.5 Å². The van der Waals surface area contributed by atoms with Gasteiger partial charge < -0.3 is 14.2 Å². The molecule has 0 aromatic heterocycles. The van der Waals surface area contributed by atoms with E-state index < -0.39 is 16.3 Å². The molecule has 0 aliphatic heterocycles. The van der Waals surface area contributed by atoms with Crippen LogP contribution < -0.4 is 14.2 Å². The SMILES string of the molecule is CC(C)P(Oc1[c]c(OP(C(C)C)C(C)C)cc([O-])c1)C(C)C.Cl.[Ni]. The van der Waals surface area contributed by atoms with E-state index in [-0.39, 0.29) is 34.6 Å². The van der Waals surface area contributed by atoms with Gasteiger partial charge in [-0.3, -0.25) is 0 Å². The van der Waals surface area contributed by atoms with Crippen LogP contribution in [0.1, 0.15) is 55.4 Å². The zero-order valence-corrected chi connectivity index (χ0v) is 19.9. The Labute approximate surface area is 172 Å². The van der Waals surface area contributed by atoms with Gasteiger partial charge >= 0.3 is 0 Å². The molecule has 0 atom stereocenters. The number of hydrogen-bond donors (Lipinski definition) is 0. The van der Waals surface area contributed by atoms with Crippen LogP contribution in [0, 0.1) is 6.07 Å². The monoisotopic (exact) mass is 450 g/mol. The van der Waals surface area contributed by atoms with Gasteiger partial charge in [0.1, 0.15) is 11.5 Å². The average molecular weight is 452 g/mol. The third kappa shape index (κ3) is 9.15. The Morgan fingerprint density at radius 3 is 1.28 bits per heavy atom. The van der Waals surface area contributed by atoms with E-state index in [9.17, 15) is 5.11 Å². The second kappa shape index (κ2) is 12.6. The summed E-state index contributed by atoms with van der Waals surface area (Å²) in [6.07, 6.45) is 0. The van der Waals surface area contributed by atoms with Crippen molar-refractivity contribution in [1.29, 1.82) is 0 Å². The van der Waals surface area contributed by atoms with Crippen molar-refractivity contribution in [2.24, 2.45) is 0 Å². The van der Waals surface area contributed by atoms with Crippen LogP contribution in [0.4, 0.5) is 0 Å². The molecule has 0 spiro atoms. The Bertz CT molecular complexity index is 443. The number of halogens is 1. The van der Waals surface area contributed by atoms with Crippen molar-refractivity contribution in [2.45, 2.75) is 78.0 Å². The molecule has 0 heterocycles. The fourth-order valence-electron chi connectivity index (χ4n) is 2.43. The maximum atomic E-state index is 12.0. The van der Waals surface area contributed by atoms with Gasteiger partial charge in [0.15, 0.2) is 0 Å². The van der Waals surface area contributed by atoms with Gasteiger partial charge in [-0.15, -0.1) is 18.2 Å². The third-order valence-corrected chi connectivity index (χ3v) is 8.12. The first-order valence-electron chi connectivity index (χ1n) is 8.28. The van der Waals surface area contributed by atoms with Crippen LogP contribution in [-0.4, -0.2) is 22.6 Å². The van der Waals surface area contributed by atoms with Crippen LogP contribution in [0.3, 0.4) is 0 Å². The molecule has 0 fully saturated rings. The quantitative estimate of drug-likeness (QED) is 0.351. The van der Waals surface area contributed by atoms with Gasteiger partial charge in [-0.2, -0.15) is 0 Å². The Hall–Kier alpha value is 0.264. The Morgan fingerprint density at radius 1 is 0.760 bits per heavy atom. The van der Waals surface area contributed by atoms with Crippen LogP contribution in [-0.2, 0) is 16.5 Å². The molecule has 25 heavy (non-hydrogen) atoms. The van der Waals surface area contributed by atoms with Crippen LogP contribution in [0.15, 0.2) is 12.1 Å². The summed E-state index contributed by atoms with van der Waals surface area (Å²) in [6, 6.07) is 6.18. The van der Waals surface area contributed by atoms with Crippen LogP contribution in [0.25, 0.3) is 0 Å². The molecule has 3 nitrogen and oxygen atoms in total. The minimum Gasteiger partial charge on any atom is -0.872 e. The van der Waals surface area contributed by atoms with Gasteiger partial charge in [0.2, 0.25) is 0 Å². The summed E-state index contributed by atoms with van der Waals surface area (Å²) >= 11 is 0. The summed E-state index contributed by atoms with van der Waals surface area (Å²) in [5, 5.41) is 12.0. The molecule has 1 aromatic carbocycles. The van der Waals surface area contributed by atoms with Gasteiger partial charge in [0, 0.05) is 39.1 Å². The summed E-state index contributed by atoms with van der Waals surface area (Å²) in [5.74, 6) is 0.950. The maximum absolute atomic E-state index is 12.0. The molecular formula is C18H31ClNiO3P2-. The molecule has 0 aliphatic carbocycles. The summed E-state index contributed by atoms with van der Waals surface area (Å²) in [4.78, 5) is 0. The molecule has 0 N–H and O–H groups in total. The molecule has 0 saturated carbocycles. The van der Waals surface area contributed by atoms with E-state index in [1.54, 1.807) is 0 Å². The van der Waals surface area contributed by atoms with Crippen molar-refractivity contribution >= 4 is 28.7 Å². The minimum atomic E-state index is -0.645. The molecule has 1 rings (SSSR count). The molecule has 149 valence electrons. The van der Waals surface area contributed by atoms with Crippen molar-refractivity contribution < 1.29 is 30.6 Å². The van der Waals surface area contributed by atoms with Crippen molar-refractivity contribution in [2.75, 3.05) is 0 Å². The largest absolute Gasteiger partial charge is 0.872 e. The van der Waals surface area contributed by atoms with E-state index in [0.29, 0.717) is 34.1 Å². The van der Waals surface area contributed by atoms with Crippen molar-refractivity contribution in [3.8, 4) is 17.2 Å². The Kier molecular flexibility index (Phi) is 13.9. The number of hydrogen-bond acceptors (Lipinski definition) is 3. The van der Waals surface area contributed by atoms with Crippen LogP contribution in [0.2, 0.25) is 0 Å². The van der Waals surface area contributed by atoms with Gasteiger partial charge in [-0.1, -0.05) is 55.4 Å². The van der Waals surface area contributed by atoms with Crippen LogP contribution >= 0.6 is 28.7 Å². The second-order valence-corrected chi connectivity index (χ2v) is 12.8. The standard InChI is InChI=1S/C18H31O3P2.ClH.Ni/c1-12(2)22(13(3)4)20-17-9-16(19)10-18(11-17)21-23(14(5)6)15(7)8;;/h9-10,12-15,19H,1-8H3;1H;/p-1. The first-order chi connectivity index (χ1) is 10.6. The Balaban J connectivity index is 0. The zero-order chi connectivity index (χ0) is 17.7. The minimum absolute atomic E-state index is 0. The van der Waals surface area contributed by atoms with Crippen LogP contribution in [0.5, 0.6) is 17.2 Å². The van der Waals surface area contributed by atoms with Gasteiger partial charge in [0.05, 0.1) is 22.4 Å². The predicted octanol–water partition coefficient (Wildman–Crippen LogP) is 6.16. The fourth-order valence-corrected chi connectivity index (χ4v) is 6.31. The van der Waals surface area contributed by atoms with E-state index in [1.165, 1.54) is 12.1 Å². The van der Waals surface area contributed by atoms with Gasteiger partial charge in [-0.25, -0.2) is 0 Å². The van der Waals surface area contributed by atoms with Crippen molar-refractivity contribution in [3.05, 3.63) is 18.2 Å². The molecule has 1 aromatic rings. The summed E-state index contributed by atoms with van der Waals surface area (Å²) in [6.45, 7) is 17.2. The second-order valence-electron chi connectivity index (χ2n) is 6.82. The molecule has 0 bridgehead atoms. The first-order valence-corrected chi connectivity index (χ1v) is 11.1. The average Bonchev–Trinajstić information content (AvgIpc) is 2.40. The third-order valence-electron chi connectivity index (χ3n) is 3.24. The normalized spacial score (nSPS) is 11.3. The van der Waals surface area contributed by atoms with E-state index >= 15 is 0 Å². The van der Waals surface area contributed by atoms with E-state index in [0.717, 1.165) is 0 Å². The van der Waals surface area contributed by atoms with Crippen molar-refractivity contribution in [3.63, 3.8) is 0 Å². The zero-order valence-electron chi connectivity index (χ0n) is 16.3. The van der Waals surface area contributed by atoms with Gasteiger partial charge in [0.25, 0.3) is 0 Å². The molecular weight excluding hydrogens is 420 g/mol. The maximum Gasteiger partial charge on any atom is 0.134 e.